The zero-order valence-electron chi connectivity index (χ0n) is 14.7. The Kier molecular flexibility index (Phi) is 4.71. The van der Waals surface area contributed by atoms with Gasteiger partial charge in [-0.2, -0.15) is 4.31 Å². The standard InChI is InChI=1S/C18H20FNO4S2/c1-12-8-14(3)18(9-13(12)2)26(23,24)20-10-17(11-20)25(21,22)16-6-4-15(19)5-7-16/h4-9,17H,10-11H2,1-3H3. The van der Waals surface area contributed by atoms with Crippen LogP contribution in [0.3, 0.4) is 0 Å². The Morgan fingerprint density at radius 2 is 1.42 bits per heavy atom. The minimum Gasteiger partial charge on any atom is -0.223 e. The van der Waals surface area contributed by atoms with E-state index in [1.54, 1.807) is 13.0 Å². The van der Waals surface area contributed by atoms with E-state index >= 15 is 0 Å². The van der Waals surface area contributed by atoms with Crippen molar-refractivity contribution in [3.05, 3.63) is 58.9 Å². The Bertz CT molecular complexity index is 1060. The first-order valence-corrected chi connectivity index (χ1v) is 11.1. The first-order valence-electron chi connectivity index (χ1n) is 8.11. The van der Waals surface area contributed by atoms with Crippen LogP contribution in [0.5, 0.6) is 0 Å². The summed E-state index contributed by atoms with van der Waals surface area (Å²) >= 11 is 0. The third kappa shape index (κ3) is 3.17. The lowest BCUT2D eigenvalue weighted by Crippen LogP contribution is -2.56. The summed E-state index contributed by atoms with van der Waals surface area (Å²) in [6.45, 7) is 5.27. The molecule has 0 amide bonds. The molecule has 3 rings (SSSR count). The summed E-state index contributed by atoms with van der Waals surface area (Å²) in [5.74, 6) is -0.521. The molecule has 8 heteroatoms. The second kappa shape index (κ2) is 6.44. The van der Waals surface area contributed by atoms with Gasteiger partial charge in [-0.25, -0.2) is 21.2 Å². The van der Waals surface area contributed by atoms with Crippen LogP contribution in [0.15, 0.2) is 46.2 Å². The van der Waals surface area contributed by atoms with E-state index in [4.69, 9.17) is 0 Å². The van der Waals surface area contributed by atoms with Gasteiger partial charge >= 0.3 is 0 Å². The lowest BCUT2D eigenvalue weighted by molar-refractivity contribution is 0.309. The minimum absolute atomic E-state index is 0.00306. The molecule has 5 nitrogen and oxygen atoms in total. The van der Waals surface area contributed by atoms with Crippen LogP contribution in [0.4, 0.5) is 4.39 Å². The first kappa shape index (κ1) is 19.0. The SMILES string of the molecule is Cc1cc(C)c(S(=O)(=O)N2CC(S(=O)(=O)c3ccc(F)cc3)C2)cc1C. The molecule has 0 aromatic heterocycles. The molecule has 1 saturated heterocycles. The van der Waals surface area contributed by atoms with Crippen LogP contribution < -0.4 is 0 Å². The molecule has 0 aliphatic carbocycles. The summed E-state index contributed by atoms with van der Waals surface area (Å²) in [5.41, 5.74) is 2.50. The largest absolute Gasteiger partial charge is 0.243 e. The number of aryl methyl sites for hydroxylation is 3. The third-order valence-corrected chi connectivity index (χ3v) is 8.88. The fraction of sp³-hybridized carbons (Fsp3) is 0.333. The van der Waals surface area contributed by atoms with E-state index < -0.39 is 30.9 Å². The van der Waals surface area contributed by atoms with Crippen LogP contribution in [-0.2, 0) is 19.9 Å². The van der Waals surface area contributed by atoms with E-state index in [9.17, 15) is 21.2 Å². The number of nitrogens with zero attached hydrogens (tertiary/aromatic N) is 1. The van der Waals surface area contributed by atoms with Crippen LogP contribution >= 0.6 is 0 Å². The summed E-state index contributed by atoms with van der Waals surface area (Å²) in [6, 6.07) is 8.01. The molecule has 1 heterocycles. The first-order chi connectivity index (χ1) is 12.0. The Hall–Kier alpha value is -1.77. The van der Waals surface area contributed by atoms with Crippen LogP contribution in [0.1, 0.15) is 16.7 Å². The molecular formula is C18H20FNO4S2. The van der Waals surface area contributed by atoms with E-state index in [1.807, 2.05) is 19.9 Å². The molecule has 140 valence electrons. The van der Waals surface area contributed by atoms with Crippen LogP contribution in [0.2, 0.25) is 0 Å². The van der Waals surface area contributed by atoms with Gasteiger partial charge in [0.1, 0.15) is 5.82 Å². The molecule has 26 heavy (non-hydrogen) atoms. The Labute approximate surface area is 153 Å². The molecule has 0 saturated carbocycles. The fourth-order valence-electron chi connectivity index (χ4n) is 2.96. The summed E-state index contributed by atoms with van der Waals surface area (Å²) in [6.07, 6.45) is 0. The minimum atomic E-state index is -3.75. The summed E-state index contributed by atoms with van der Waals surface area (Å²) in [4.78, 5) is 0.210. The van der Waals surface area contributed by atoms with Crippen molar-refractivity contribution in [1.29, 1.82) is 0 Å². The highest BCUT2D eigenvalue weighted by molar-refractivity contribution is 7.92. The molecule has 0 unspecified atom stereocenters. The second-order valence-electron chi connectivity index (χ2n) is 6.64. The Balaban J connectivity index is 1.83. The fourth-order valence-corrected chi connectivity index (χ4v) is 6.62. The molecular weight excluding hydrogens is 377 g/mol. The normalized spacial score (nSPS) is 16.5. The number of benzene rings is 2. The molecule has 0 N–H and O–H groups in total. The van der Waals surface area contributed by atoms with E-state index in [-0.39, 0.29) is 22.9 Å². The zero-order valence-corrected chi connectivity index (χ0v) is 16.4. The lowest BCUT2D eigenvalue weighted by Gasteiger charge is -2.37. The van der Waals surface area contributed by atoms with E-state index in [0.717, 1.165) is 23.3 Å². The third-order valence-electron chi connectivity index (χ3n) is 4.80. The number of halogens is 1. The predicted molar refractivity (Wildman–Crippen MR) is 96.8 cm³/mol. The number of hydrogen-bond acceptors (Lipinski definition) is 4. The van der Waals surface area contributed by atoms with Gasteiger partial charge in [0.25, 0.3) is 0 Å². The van der Waals surface area contributed by atoms with Gasteiger partial charge in [-0.1, -0.05) is 6.07 Å². The smallest absolute Gasteiger partial charge is 0.223 e. The molecule has 1 aliphatic rings. The number of sulfonamides is 1. The van der Waals surface area contributed by atoms with Crippen molar-refractivity contribution in [2.75, 3.05) is 13.1 Å². The van der Waals surface area contributed by atoms with Crippen molar-refractivity contribution in [1.82, 2.24) is 4.31 Å². The predicted octanol–water partition coefficient (Wildman–Crippen LogP) is 2.60. The maximum absolute atomic E-state index is 13.0. The summed E-state index contributed by atoms with van der Waals surface area (Å²) < 4.78 is 65.0. The number of hydrogen-bond donors (Lipinski definition) is 0. The van der Waals surface area contributed by atoms with Gasteiger partial charge in [-0.3, -0.25) is 0 Å². The van der Waals surface area contributed by atoms with Gasteiger partial charge in [0.05, 0.1) is 15.0 Å². The highest BCUT2D eigenvalue weighted by atomic mass is 32.2. The quantitative estimate of drug-likeness (QED) is 0.744. The Morgan fingerprint density at radius 3 is 2.00 bits per heavy atom. The molecule has 0 radical (unpaired) electrons. The van der Waals surface area contributed by atoms with E-state index in [1.165, 1.54) is 16.4 Å². The number of rotatable bonds is 4. The van der Waals surface area contributed by atoms with Gasteiger partial charge in [0, 0.05) is 13.1 Å². The topological polar surface area (TPSA) is 71.5 Å². The lowest BCUT2D eigenvalue weighted by atomic mass is 10.1. The maximum Gasteiger partial charge on any atom is 0.243 e. The van der Waals surface area contributed by atoms with E-state index in [2.05, 4.69) is 0 Å². The molecule has 2 aromatic carbocycles. The second-order valence-corrected chi connectivity index (χ2v) is 10.8. The summed E-state index contributed by atoms with van der Waals surface area (Å²) in [5, 5.41) is -0.824. The average molecular weight is 397 g/mol. The molecule has 0 atom stereocenters. The van der Waals surface area contributed by atoms with Gasteiger partial charge in [-0.05, 0) is 67.8 Å². The molecule has 2 aromatic rings. The van der Waals surface area contributed by atoms with Crippen molar-refractivity contribution in [3.63, 3.8) is 0 Å². The number of sulfone groups is 1. The zero-order chi connectivity index (χ0) is 19.3. The molecule has 0 spiro atoms. The molecule has 1 aliphatic heterocycles. The van der Waals surface area contributed by atoms with Gasteiger partial charge in [0.2, 0.25) is 10.0 Å². The van der Waals surface area contributed by atoms with Crippen molar-refractivity contribution in [2.45, 2.75) is 35.8 Å². The van der Waals surface area contributed by atoms with Gasteiger partial charge in [-0.15, -0.1) is 0 Å². The molecule has 1 fully saturated rings. The monoisotopic (exact) mass is 397 g/mol. The highest BCUT2D eigenvalue weighted by Crippen LogP contribution is 2.31. The molecule has 0 bridgehead atoms. The van der Waals surface area contributed by atoms with Crippen molar-refractivity contribution >= 4 is 19.9 Å². The van der Waals surface area contributed by atoms with Crippen molar-refractivity contribution in [2.24, 2.45) is 0 Å². The van der Waals surface area contributed by atoms with Crippen LogP contribution in [-0.4, -0.2) is 39.5 Å². The Morgan fingerprint density at radius 1 is 0.885 bits per heavy atom. The average Bonchev–Trinajstić information content (AvgIpc) is 2.49. The van der Waals surface area contributed by atoms with Crippen LogP contribution in [0, 0.1) is 26.6 Å². The summed E-state index contributed by atoms with van der Waals surface area (Å²) in [7, 11) is -7.44. The van der Waals surface area contributed by atoms with E-state index in [0.29, 0.717) is 5.56 Å². The van der Waals surface area contributed by atoms with Crippen molar-refractivity contribution in [3.8, 4) is 0 Å². The maximum atomic E-state index is 13.0. The highest BCUT2D eigenvalue weighted by Gasteiger charge is 2.44. The van der Waals surface area contributed by atoms with Gasteiger partial charge in [0.15, 0.2) is 9.84 Å². The van der Waals surface area contributed by atoms with Crippen LogP contribution in [0.25, 0.3) is 0 Å². The van der Waals surface area contributed by atoms with Crippen molar-refractivity contribution < 1.29 is 21.2 Å². The van der Waals surface area contributed by atoms with Gasteiger partial charge < -0.3 is 0 Å².